The van der Waals surface area contributed by atoms with E-state index in [2.05, 4.69) is 5.32 Å². The van der Waals surface area contributed by atoms with Crippen LogP contribution in [0.25, 0.3) is 0 Å². The van der Waals surface area contributed by atoms with Crippen LogP contribution in [-0.2, 0) is 11.2 Å². The van der Waals surface area contributed by atoms with Gasteiger partial charge in [-0.05, 0) is 17.7 Å². The lowest BCUT2D eigenvalue weighted by Crippen LogP contribution is -2.46. The van der Waals surface area contributed by atoms with Gasteiger partial charge in [-0.25, -0.2) is 8.78 Å². The summed E-state index contributed by atoms with van der Waals surface area (Å²) in [6.07, 6.45) is 0.151. The van der Waals surface area contributed by atoms with Gasteiger partial charge in [-0.3, -0.25) is 9.59 Å². The van der Waals surface area contributed by atoms with Gasteiger partial charge in [-0.2, -0.15) is 0 Å². The van der Waals surface area contributed by atoms with Crippen LogP contribution in [0.15, 0.2) is 42.5 Å². The lowest BCUT2D eigenvalue weighted by molar-refractivity contribution is -0.119. The molecule has 3 N–H and O–H groups in total. The van der Waals surface area contributed by atoms with E-state index >= 15 is 0 Å². The Kier molecular flexibility index (Phi) is 5.28. The van der Waals surface area contributed by atoms with Crippen LogP contribution in [0.2, 0.25) is 5.02 Å². The first-order chi connectivity index (χ1) is 10.9. The second-order valence-electron chi connectivity index (χ2n) is 4.84. The van der Waals surface area contributed by atoms with E-state index in [9.17, 15) is 18.4 Å². The topological polar surface area (TPSA) is 72.2 Å². The molecule has 0 saturated carbocycles. The first-order valence-corrected chi connectivity index (χ1v) is 7.05. The van der Waals surface area contributed by atoms with Crippen molar-refractivity contribution in [1.82, 2.24) is 5.32 Å². The third-order valence-electron chi connectivity index (χ3n) is 3.21. The second-order valence-corrected chi connectivity index (χ2v) is 5.22. The van der Waals surface area contributed by atoms with E-state index in [-0.39, 0.29) is 6.42 Å². The Morgan fingerprint density at radius 3 is 2.39 bits per heavy atom. The molecule has 2 aromatic carbocycles. The number of carbonyl (C=O) groups is 2. The van der Waals surface area contributed by atoms with Crippen molar-refractivity contribution in [3.8, 4) is 0 Å². The van der Waals surface area contributed by atoms with Gasteiger partial charge in [-0.15, -0.1) is 0 Å². The Morgan fingerprint density at radius 2 is 1.78 bits per heavy atom. The molecule has 120 valence electrons. The van der Waals surface area contributed by atoms with Crippen molar-refractivity contribution in [2.75, 3.05) is 0 Å². The molecule has 7 heteroatoms. The predicted molar refractivity (Wildman–Crippen MR) is 82.0 cm³/mol. The molecule has 0 unspecified atom stereocenters. The summed E-state index contributed by atoms with van der Waals surface area (Å²) in [5, 5.41) is 1.55. The molecule has 0 aliphatic heterocycles. The Bertz CT molecular complexity index is 738. The van der Waals surface area contributed by atoms with Gasteiger partial charge < -0.3 is 11.1 Å². The minimum absolute atomic E-state index is 0.151. The smallest absolute Gasteiger partial charge is 0.254 e. The molecule has 0 saturated heterocycles. The Hall–Kier alpha value is -2.47. The monoisotopic (exact) mass is 338 g/mol. The van der Waals surface area contributed by atoms with Crippen molar-refractivity contribution in [3.05, 3.63) is 70.2 Å². The Labute approximate surface area is 136 Å². The second kappa shape index (κ2) is 7.19. The van der Waals surface area contributed by atoms with E-state index < -0.39 is 40.1 Å². The zero-order valence-corrected chi connectivity index (χ0v) is 12.6. The zero-order chi connectivity index (χ0) is 17.0. The molecular formula is C16H13ClF2N2O2. The number of hydrogen-bond donors (Lipinski definition) is 2. The maximum atomic E-state index is 13.8. The Morgan fingerprint density at radius 1 is 1.13 bits per heavy atom. The molecule has 0 aliphatic carbocycles. The number of hydrogen-bond acceptors (Lipinski definition) is 2. The average molecular weight is 339 g/mol. The molecule has 0 aliphatic rings. The van der Waals surface area contributed by atoms with Gasteiger partial charge in [-0.1, -0.05) is 41.9 Å². The van der Waals surface area contributed by atoms with Crippen LogP contribution < -0.4 is 11.1 Å². The quantitative estimate of drug-likeness (QED) is 0.822. The summed E-state index contributed by atoms with van der Waals surface area (Å²) in [6.45, 7) is 0. The summed E-state index contributed by atoms with van der Waals surface area (Å²) < 4.78 is 27.0. The molecule has 0 spiro atoms. The number of amides is 2. The molecule has 1 atom stereocenters. The number of nitrogens with two attached hydrogens (primary N) is 1. The molecular weight excluding hydrogens is 326 g/mol. The highest BCUT2D eigenvalue weighted by atomic mass is 35.5. The van der Waals surface area contributed by atoms with Crippen molar-refractivity contribution >= 4 is 23.4 Å². The summed E-state index contributed by atoms with van der Waals surface area (Å²) in [5.41, 5.74) is 5.58. The lowest BCUT2D eigenvalue weighted by Gasteiger charge is -2.16. The number of primary amides is 1. The van der Waals surface area contributed by atoms with Crippen LogP contribution in [0.4, 0.5) is 8.78 Å². The summed E-state index contributed by atoms with van der Waals surface area (Å²) >= 11 is 5.43. The molecule has 23 heavy (non-hydrogen) atoms. The van der Waals surface area contributed by atoms with E-state index in [1.165, 1.54) is 0 Å². The van der Waals surface area contributed by atoms with Crippen LogP contribution in [0.5, 0.6) is 0 Å². The van der Waals surface area contributed by atoms with E-state index in [1.807, 2.05) is 0 Å². The molecule has 2 amide bonds. The normalized spacial score (nSPS) is 11.8. The predicted octanol–water partition coefficient (Wildman–Crippen LogP) is 2.44. The fourth-order valence-electron chi connectivity index (χ4n) is 2.01. The number of rotatable bonds is 5. The molecule has 0 aromatic heterocycles. The summed E-state index contributed by atoms with van der Waals surface area (Å²) in [4.78, 5) is 23.6. The fourth-order valence-corrected chi connectivity index (χ4v) is 2.17. The van der Waals surface area contributed by atoms with Crippen molar-refractivity contribution in [2.24, 2.45) is 5.73 Å². The summed E-state index contributed by atoms with van der Waals surface area (Å²) in [7, 11) is 0. The van der Waals surface area contributed by atoms with Gasteiger partial charge in [0.1, 0.15) is 16.9 Å². The van der Waals surface area contributed by atoms with Gasteiger partial charge in [0, 0.05) is 6.42 Å². The third kappa shape index (κ3) is 4.04. The molecule has 2 aromatic rings. The van der Waals surface area contributed by atoms with Crippen molar-refractivity contribution in [1.29, 1.82) is 0 Å². The van der Waals surface area contributed by atoms with Crippen LogP contribution in [0, 0.1) is 11.6 Å². The molecule has 0 radical (unpaired) electrons. The zero-order valence-electron chi connectivity index (χ0n) is 11.9. The fraction of sp³-hybridized carbons (Fsp3) is 0.125. The molecule has 2 rings (SSSR count). The minimum atomic E-state index is -1.19. The first kappa shape index (κ1) is 16.9. The summed E-state index contributed by atoms with van der Waals surface area (Å²) in [5.74, 6) is -3.83. The van der Waals surface area contributed by atoms with Crippen LogP contribution in [0.3, 0.4) is 0 Å². The minimum Gasteiger partial charge on any atom is -0.368 e. The number of halogens is 3. The standard InChI is InChI=1S/C16H13ClF2N2O2/c17-13-11(18)7-6-10(14(13)19)16(23)21-12(15(20)22)8-9-4-2-1-3-5-9/h1-7,12H,8H2,(H2,20,22)(H,21,23)/t12-/m1/s1. The molecule has 4 nitrogen and oxygen atoms in total. The highest BCUT2D eigenvalue weighted by molar-refractivity contribution is 6.31. The third-order valence-corrected chi connectivity index (χ3v) is 3.56. The van der Waals surface area contributed by atoms with Crippen molar-refractivity contribution in [3.63, 3.8) is 0 Å². The van der Waals surface area contributed by atoms with Crippen LogP contribution in [-0.4, -0.2) is 17.9 Å². The molecule has 0 heterocycles. The SMILES string of the molecule is NC(=O)[C@@H](Cc1ccccc1)NC(=O)c1ccc(F)c(Cl)c1F. The van der Waals surface area contributed by atoms with Crippen molar-refractivity contribution < 1.29 is 18.4 Å². The summed E-state index contributed by atoms with van der Waals surface area (Å²) in [6, 6.07) is 9.66. The number of benzene rings is 2. The van der Waals surface area contributed by atoms with Gasteiger partial charge in [0.2, 0.25) is 5.91 Å². The first-order valence-electron chi connectivity index (χ1n) is 6.67. The van der Waals surface area contributed by atoms with E-state index in [4.69, 9.17) is 17.3 Å². The number of carbonyl (C=O) groups excluding carboxylic acids is 2. The Balaban J connectivity index is 2.19. The average Bonchev–Trinajstić information content (AvgIpc) is 2.53. The van der Waals surface area contributed by atoms with Crippen LogP contribution >= 0.6 is 11.6 Å². The maximum Gasteiger partial charge on any atom is 0.254 e. The van der Waals surface area contributed by atoms with Crippen LogP contribution in [0.1, 0.15) is 15.9 Å². The largest absolute Gasteiger partial charge is 0.368 e. The van der Waals surface area contributed by atoms with Gasteiger partial charge in [0.05, 0.1) is 5.56 Å². The van der Waals surface area contributed by atoms with E-state index in [0.29, 0.717) is 0 Å². The highest BCUT2D eigenvalue weighted by Gasteiger charge is 2.23. The van der Waals surface area contributed by atoms with Gasteiger partial charge in [0.25, 0.3) is 5.91 Å². The van der Waals surface area contributed by atoms with Gasteiger partial charge >= 0.3 is 0 Å². The lowest BCUT2D eigenvalue weighted by atomic mass is 10.0. The maximum absolute atomic E-state index is 13.8. The molecule has 0 bridgehead atoms. The van der Waals surface area contributed by atoms with E-state index in [1.54, 1.807) is 30.3 Å². The van der Waals surface area contributed by atoms with E-state index in [0.717, 1.165) is 17.7 Å². The van der Waals surface area contributed by atoms with Crippen molar-refractivity contribution in [2.45, 2.75) is 12.5 Å². The number of nitrogens with one attached hydrogen (secondary N) is 1. The molecule has 0 fully saturated rings. The van der Waals surface area contributed by atoms with Gasteiger partial charge in [0.15, 0.2) is 5.82 Å². The highest BCUT2D eigenvalue weighted by Crippen LogP contribution is 2.22.